The second-order valence-electron chi connectivity index (χ2n) is 6.44. The largest absolute Gasteiger partial charge is 0.467 e. The fraction of sp³-hybridized carbons (Fsp3) is 0.273. The summed E-state index contributed by atoms with van der Waals surface area (Å²) in [5.41, 5.74) is 0.350. The topological polar surface area (TPSA) is 89.5 Å². The first-order valence-electron chi connectivity index (χ1n) is 9.15. The lowest BCUT2D eigenvalue weighted by atomic mass is 9.85. The maximum atomic E-state index is 11.8. The van der Waals surface area contributed by atoms with Crippen LogP contribution in [-0.2, 0) is 21.6 Å². The highest BCUT2D eigenvalue weighted by Gasteiger charge is 2.35. The molecule has 0 saturated heterocycles. The van der Waals surface area contributed by atoms with Crippen molar-refractivity contribution in [1.82, 2.24) is 9.55 Å². The van der Waals surface area contributed by atoms with Gasteiger partial charge in [-0.05, 0) is 23.8 Å². The van der Waals surface area contributed by atoms with Crippen LogP contribution in [0.3, 0.4) is 0 Å². The number of rotatable bonds is 10. The monoisotopic (exact) mass is 393 g/mol. The molecule has 3 aromatic rings. The number of nitriles is 1. The SMILES string of the molecule is COCCOCOc1ccccc1C(O)(Cn1ccnc1)c1ccc(C#N)cc1. The van der Waals surface area contributed by atoms with Crippen molar-refractivity contribution >= 4 is 0 Å². The number of hydrogen-bond donors (Lipinski definition) is 1. The van der Waals surface area contributed by atoms with Gasteiger partial charge in [-0.1, -0.05) is 30.3 Å². The lowest BCUT2D eigenvalue weighted by Crippen LogP contribution is -2.33. The highest BCUT2D eigenvalue weighted by atomic mass is 16.7. The summed E-state index contributed by atoms with van der Waals surface area (Å²) in [6, 6.07) is 16.3. The van der Waals surface area contributed by atoms with Crippen LogP contribution in [0.5, 0.6) is 5.75 Å². The molecule has 29 heavy (non-hydrogen) atoms. The smallest absolute Gasteiger partial charge is 0.189 e. The van der Waals surface area contributed by atoms with Gasteiger partial charge in [0.25, 0.3) is 0 Å². The molecule has 1 heterocycles. The van der Waals surface area contributed by atoms with E-state index in [4.69, 9.17) is 19.5 Å². The summed E-state index contributed by atoms with van der Waals surface area (Å²) in [4.78, 5) is 4.07. The third kappa shape index (κ3) is 5.00. The van der Waals surface area contributed by atoms with Crippen LogP contribution in [0.2, 0.25) is 0 Å². The normalized spacial score (nSPS) is 12.9. The molecule has 3 rings (SSSR count). The van der Waals surface area contributed by atoms with Crippen LogP contribution in [0.25, 0.3) is 0 Å². The van der Waals surface area contributed by atoms with Gasteiger partial charge >= 0.3 is 0 Å². The Morgan fingerprint density at radius 2 is 1.93 bits per heavy atom. The summed E-state index contributed by atoms with van der Waals surface area (Å²) in [5, 5.41) is 20.9. The number of para-hydroxylation sites is 1. The summed E-state index contributed by atoms with van der Waals surface area (Å²) < 4.78 is 18.0. The third-order valence-corrected chi connectivity index (χ3v) is 4.52. The van der Waals surface area contributed by atoms with E-state index in [0.717, 1.165) is 0 Å². The van der Waals surface area contributed by atoms with E-state index in [1.807, 2.05) is 18.2 Å². The maximum absolute atomic E-state index is 11.8. The molecule has 0 aliphatic heterocycles. The first-order valence-corrected chi connectivity index (χ1v) is 9.15. The molecular formula is C22H23N3O4. The lowest BCUT2D eigenvalue weighted by molar-refractivity contribution is -0.0122. The van der Waals surface area contributed by atoms with Gasteiger partial charge in [0.1, 0.15) is 11.4 Å². The zero-order valence-corrected chi connectivity index (χ0v) is 16.2. The Bertz CT molecular complexity index is 935. The van der Waals surface area contributed by atoms with E-state index in [9.17, 15) is 5.11 Å². The summed E-state index contributed by atoms with van der Waals surface area (Å²) in [5.74, 6) is 0.511. The fourth-order valence-electron chi connectivity index (χ4n) is 3.04. The number of methoxy groups -OCH3 is 1. The van der Waals surface area contributed by atoms with E-state index in [1.54, 1.807) is 60.7 Å². The van der Waals surface area contributed by atoms with Crippen molar-refractivity contribution in [3.8, 4) is 11.8 Å². The average Bonchev–Trinajstić information content (AvgIpc) is 3.26. The molecule has 0 aliphatic carbocycles. The third-order valence-electron chi connectivity index (χ3n) is 4.52. The van der Waals surface area contributed by atoms with Gasteiger partial charge in [-0.25, -0.2) is 4.98 Å². The van der Waals surface area contributed by atoms with E-state index in [0.29, 0.717) is 35.7 Å². The molecule has 150 valence electrons. The lowest BCUT2D eigenvalue weighted by Gasteiger charge is -2.31. The van der Waals surface area contributed by atoms with Crippen LogP contribution in [0.4, 0.5) is 0 Å². The number of ether oxygens (including phenoxy) is 3. The molecule has 0 bridgehead atoms. The zero-order valence-electron chi connectivity index (χ0n) is 16.2. The van der Waals surface area contributed by atoms with Crippen molar-refractivity contribution < 1.29 is 19.3 Å². The van der Waals surface area contributed by atoms with Crippen LogP contribution >= 0.6 is 0 Å². The van der Waals surface area contributed by atoms with Crippen LogP contribution in [-0.4, -0.2) is 41.8 Å². The number of hydrogen-bond acceptors (Lipinski definition) is 6. The van der Waals surface area contributed by atoms with Crippen molar-refractivity contribution in [2.24, 2.45) is 0 Å². The Kier molecular flexibility index (Phi) is 6.98. The molecular weight excluding hydrogens is 370 g/mol. The number of benzene rings is 2. The zero-order chi connectivity index (χ0) is 20.5. The van der Waals surface area contributed by atoms with Gasteiger partial charge in [-0.15, -0.1) is 0 Å². The molecule has 1 unspecified atom stereocenters. The van der Waals surface area contributed by atoms with Crippen LogP contribution < -0.4 is 4.74 Å². The van der Waals surface area contributed by atoms with Crippen molar-refractivity contribution in [3.63, 3.8) is 0 Å². The van der Waals surface area contributed by atoms with Gasteiger partial charge < -0.3 is 23.9 Å². The minimum atomic E-state index is -1.40. The highest BCUT2D eigenvalue weighted by molar-refractivity contribution is 5.46. The molecule has 0 saturated carbocycles. The summed E-state index contributed by atoms with van der Waals surface area (Å²) in [7, 11) is 1.60. The van der Waals surface area contributed by atoms with Crippen LogP contribution in [0, 0.1) is 11.3 Å². The minimum absolute atomic E-state index is 0.0366. The van der Waals surface area contributed by atoms with Crippen molar-refractivity contribution in [2.45, 2.75) is 12.1 Å². The Morgan fingerprint density at radius 3 is 2.62 bits per heavy atom. The Balaban J connectivity index is 1.94. The molecule has 0 spiro atoms. The average molecular weight is 393 g/mol. The Hall–Kier alpha value is -3.18. The van der Waals surface area contributed by atoms with E-state index >= 15 is 0 Å². The molecule has 1 N–H and O–H groups in total. The second kappa shape index (κ2) is 9.85. The van der Waals surface area contributed by atoms with E-state index in [2.05, 4.69) is 11.1 Å². The Morgan fingerprint density at radius 1 is 1.14 bits per heavy atom. The molecule has 0 fully saturated rings. The molecule has 0 amide bonds. The van der Waals surface area contributed by atoms with Crippen molar-refractivity contribution in [2.75, 3.05) is 27.1 Å². The number of imidazole rings is 1. The van der Waals surface area contributed by atoms with E-state index < -0.39 is 5.60 Å². The maximum Gasteiger partial charge on any atom is 0.189 e. The Labute approximate surface area is 169 Å². The highest BCUT2D eigenvalue weighted by Crippen LogP contribution is 2.37. The van der Waals surface area contributed by atoms with Gasteiger partial charge in [0.05, 0.1) is 37.7 Å². The standard InChI is InChI=1S/C22H23N3O4/c1-27-12-13-28-17-29-21-5-3-2-4-20(21)22(26,15-25-11-10-24-16-25)19-8-6-18(14-23)7-9-19/h2-11,16,26H,12-13,15,17H2,1H3. The van der Waals surface area contributed by atoms with Crippen molar-refractivity contribution in [1.29, 1.82) is 5.26 Å². The van der Waals surface area contributed by atoms with E-state index in [1.165, 1.54) is 0 Å². The molecule has 2 aromatic carbocycles. The number of aliphatic hydroxyl groups is 1. The minimum Gasteiger partial charge on any atom is -0.467 e. The summed E-state index contributed by atoms with van der Waals surface area (Å²) >= 11 is 0. The predicted octanol–water partition coefficient (Wildman–Crippen LogP) is 2.69. The molecule has 7 heteroatoms. The quantitative estimate of drug-likeness (QED) is 0.421. The predicted molar refractivity (Wildman–Crippen MR) is 106 cm³/mol. The molecule has 7 nitrogen and oxygen atoms in total. The van der Waals surface area contributed by atoms with Crippen LogP contribution in [0.15, 0.2) is 67.3 Å². The van der Waals surface area contributed by atoms with Gasteiger partial charge in [0, 0.05) is 25.1 Å². The van der Waals surface area contributed by atoms with Crippen molar-refractivity contribution in [3.05, 3.63) is 83.9 Å². The first-order chi connectivity index (χ1) is 14.2. The number of aromatic nitrogens is 2. The molecule has 1 atom stereocenters. The van der Waals surface area contributed by atoms with Gasteiger partial charge in [-0.3, -0.25) is 0 Å². The van der Waals surface area contributed by atoms with Gasteiger partial charge in [0.15, 0.2) is 6.79 Å². The summed E-state index contributed by atoms with van der Waals surface area (Å²) in [6.07, 6.45) is 5.09. The summed E-state index contributed by atoms with van der Waals surface area (Å²) in [6.45, 7) is 1.15. The molecule has 1 aromatic heterocycles. The number of nitrogens with zero attached hydrogens (tertiary/aromatic N) is 3. The fourth-order valence-corrected chi connectivity index (χ4v) is 3.04. The van der Waals surface area contributed by atoms with E-state index in [-0.39, 0.29) is 13.3 Å². The second-order valence-corrected chi connectivity index (χ2v) is 6.44. The van der Waals surface area contributed by atoms with Gasteiger partial charge in [-0.2, -0.15) is 5.26 Å². The first kappa shape index (κ1) is 20.6. The molecule has 0 aliphatic rings. The van der Waals surface area contributed by atoms with Crippen LogP contribution in [0.1, 0.15) is 16.7 Å². The molecule has 0 radical (unpaired) electrons. The van der Waals surface area contributed by atoms with Gasteiger partial charge in [0.2, 0.25) is 0 Å².